The van der Waals surface area contributed by atoms with Gasteiger partial charge >= 0.3 is 6.09 Å². The molecule has 1 unspecified atom stereocenters. The molecule has 218 valence electrons. The predicted molar refractivity (Wildman–Crippen MR) is 148 cm³/mol. The third-order valence-corrected chi connectivity index (χ3v) is 8.50. The van der Waals surface area contributed by atoms with Crippen LogP contribution in [-0.2, 0) is 11.5 Å². The van der Waals surface area contributed by atoms with Gasteiger partial charge in [-0.05, 0) is 75.4 Å². The Labute approximate surface area is 236 Å². The Morgan fingerprint density at radius 3 is 2.39 bits per heavy atom. The van der Waals surface area contributed by atoms with Crippen LogP contribution in [0.15, 0.2) is 47.4 Å². The van der Waals surface area contributed by atoms with Gasteiger partial charge in [0.05, 0.1) is 5.69 Å². The lowest BCUT2D eigenvalue weighted by Crippen LogP contribution is -2.62. The fourth-order valence-electron chi connectivity index (χ4n) is 6.46. The van der Waals surface area contributed by atoms with Crippen LogP contribution in [-0.4, -0.2) is 68.9 Å². The summed E-state index contributed by atoms with van der Waals surface area (Å²) >= 11 is 0. The topological polar surface area (TPSA) is 110 Å². The molecule has 3 atom stereocenters. The van der Waals surface area contributed by atoms with E-state index < -0.39 is 35.3 Å². The quantitative estimate of drug-likeness (QED) is 0.381. The van der Waals surface area contributed by atoms with Gasteiger partial charge in [-0.2, -0.15) is 0 Å². The van der Waals surface area contributed by atoms with Crippen molar-refractivity contribution in [3.63, 3.8) is 0 Å². The van der Waals surface area contributed by atoms with Crippen molar-refractivity contribution in [2.75, 3.05) is 25.9 Å². The van der Waals surface area contributed by atoms with Crippen LogP contribution in [0.5, 0.6) is 5.75 Å². The third-order valence-electron chi connectivity index (χ3n) is 8.50. The summed E-state index contributed by atoms with van der Waals surface area (Å²) in [6, 6.07) is 8.91. The van der Waals surface area contributed by atoms with Crippen LogP contribution < -0.4 is 15.2 Å². The van der Waals surface area contributed by atoms with Gasteiger partial charge in [0.25, 0.3) is 5.56 Å². The van der Waals surface area contributed by atoms with E-state index in [1.54, 1.807) is 17.0 Å². The molecule has 0 saturated carbocycles. The van der Waals surface area contributed by atoms with E-state index in [1.165, 1.54) is 31.5 Å². The summed E-state index contributed by atoms with van der Waals surface area (Å²) < 4.78 is 40.0. The maximum atomic E-state index is 15.4. The van der Waals surface area contributed by atoms with Crippen LogP contribution in [0.25, 0.3) is 22.4 Å². The number of carboxylic acid groups (broad SMARTS) is 1. The number of nitrogens with zero attached hydrogens (tertiary/aromatic N) is 5. The van der Waals surface area contributed by atoms with Crippen LogP contribution in [0.3, 0.4) is 0 Å². The number of halogens is 2. The van der Waals surface area contributed by atoms with Crippen LogP contribution in [0.1, 0.15) is 39.5 Å². The Kier molecular flexibility index (Phi) is 7.45. The van der Waals surface area contributed by atoms with Crippen LogP contribution in [0.4, 0.5) is 19.4 Å². The van der Waals surface area contributed by atoms with Gasteiger partial charge < -0.3 is 19.5 Å². The summed E-state index contributed by atoms with van der Waals surface area (Å²) in [5.41, 5.74) is -0.397. The molecular formula is C29H33F2N5O5. The first-order valence-electron chi connectivity index (χ1n) is 13.3. The third kappa shape index (κ3) is 5.12. The molecular weight excluding hydrogens is 536 g/mol. The Hall–Kier alpha value is -4.06. The Morgan fingerprint density at radius 2 is 1.83 bits per heavy atom. The van der Waals surface area contributed by atoms with Gasteiger partial charge in [-0.1, -0.05) is 0 Å². The molecule has 1 aromatic carbocycles. The number of piperidine rings is 1. The molecule has 2 aromatic heterocycles. The number of carbonyl (C=O) groups is 1. The molecule has 0 radical (unpaired) electrons. The highest BCUT2D eigenvalue weighted by Gasteiger charge is 2.58. The first-order chi connectivity index (χ1) is 19.5. The highest BCUT2D eigenvalue weighted by Crippen LogP contribution is 2.51. The largest absolute Gasteiger partial charge is 0.467 e. The first kappa shape index (κ1) is 28.5. The number of anilines is 1. The summed E-state index contributed by atoms with van der Waals surface area (Å²) in [5.74, 6) is 0.262. The summed E-state index contributed by atoms with van der Waals surface area (Å²) in [5, 5.41) is 18.6. The van der Waals surface area contributed by atoms with E-state index in [4.69, 9.17) is 9.47 Å². The number of alkyl halides is 1. The van der Waals surface area contributed by atoms with Gasteiger partial charge in [0.15, 0.2) is 19.4 Å². The normalized spacial score (nSPS) is 23.5. The van der Waals surface area contributed by atoms with Crippen LogP contribution in [0.2, 0.25) is 0 Å². The SMILES string of the molecule is COCOc1cc(-c2ccn(CF)c(=O)c2)c(F)cc1-c1ccc(N(C)C2C[C@]3(C)CC[C@](C)(C2)N3C(=O)O)nn1. The van der Waals surface area contributed by atoms with Crippen molar-refractivity contribution in [3.8, 4) is 28.1 Å². The molecule has 2 saturated heterocycles. The van der Waals surface area contributed by atoms with Crippen molar-refractivity contribution < 1.29 is 28.2 Å². The Bertz CT molecular complexity index is 1500. The van der Waals surface area contributed by atoms with Gasteiger partial charge in [0.1, 0.15) is 11.6 Å². The minimum atomic E-state index is -0.979. The molecule has 2 aliphatic heterocycles. The van der Waals surface area contributed by atoms with E-state index in [0.717, 1.165) is 23.5 Å². The maximum absolute atomic E-state index is 15.4. The number of rotatable bonds is 8. The van der Waals surface area contributed by atoms with Gasteiger partial charge in [-0.3, -0.25) is 14.3 Å². The lowest BCUT2D eigenvalue weighted by molar-refractivity contribution is 0.0131. The highest BCUT2D eigenvalue weighted by atomic mass is 19.1. The molecule has 5 rings (SSSR count). The highest BCUT2D eigenvalue weighted by molar-refractivity contribution is 5.75. The van der Waals surface area contributed by atoms with Gasteiger partial charge in [0, 0.05) is 54.7 Å². The van der Waals surface area contributed by atoms with Gasteiger partial charge in [-0.25, -0.2) is 13.6 Å². The van der Waals surface area contributed by atoms with E-state index in [9.17, 15) is 19.1 Å². The van der Waals surface area contributed by atoms with Gasteiger partial charge in [-0.15, -0.1) is 10.2 Å². The second-order valence-corrected chi connectivity index (χ2v) is 11.3. The van der Waals surface area contributed by atoms with E-state index in [1.807, 2.05) is 25.8 Å². The zero-order valence-corrected chi connectivity index (χ0v) is 23.4. The number of pyridine rings is 1. The maximum Gasteiger partial charge on any atom is 0.408 e. The van der Waals surface area contributed by atoms with Crippen molar-refractivity contribution in [2.24, 2.45) is 0 Å². The van der Waals surface area contributed by atoms with E-state index in [0.29, 0.717) is 29.9 Å². The summed E-state index contributed by atoms with van der Waals surface area (Å²) in [6.45, 7) is 2.93. The number of methoxy groups -OCH3 is 1. The number of hydrogen-bond acceptors (Lipinski definition) is 7. The van der Waals surface area contributed by atoms with E-state index >= 15 is 4.39 Å². The first-order valence-corrected chi connectivity index (χ1v) is 13.3. The fourth-order valence-corrected chi connectivity index (χ4v) is 6.46. The number of benzene rings is 1. The van der Waals surface area contributed by atoms with Crippen molar-refractivity contribution in [2.45, 2.75) is 63.4 Å². The molecule has 1 amide bonds. The molecule has 2 bridgehead atoms. The minimum absolute atomic E-state index is 0.0634. The van der Waals surface area contributed by atoms with Crippen molar-refractivity contribution in [1.82, 2.24) is 19.7 Å². The molecule has 3 aromatic rings. The second-order valence-electron chi connectivity index (χ2n) is 11.3. The smallest absolute Gasteiger partial charge is 0.408 e. The summed E-state index contributed by atoms with van der Waals surface area (Å²) in [6.07, 6.45) is 3.35. The molecule has 2 fully saturated rings. The van der Waals surface area contributed by atoms with Crippen molar-refractivity contribution in [1.29, 1.82) is 0 Å². The molecule has 10 nitrogen and oxygen atoms in total. The zero-order chi connectivity index (χ0) is 29.5. The molecule has 0 aliphatic carbocycles. The standard InChI is InChI=1S/C29H33F2N5O5/c1-28-8-9-29(2,36(28)27(38)39)15-19(14-28)34(3)25-6-5-23(32-33-25)21-12-22(31)20(13-24(21)41-17-40-4)18-7-10-35(16-30)26(37)11-18/h5-7,10-13,19H,8-9,14-17H2,1-4H3,(H,38,39)/t19?,28-,29+. The predicted octanol–water partition coefficient (Wildman–Crippen LogP) is 4.91. The lowest BCUT2D eigenvalue weighted by atomic mass is 9.82. The van der Waals surface area contributed by atoms with Crippen molar-refractivity contribution in [3.05, 3.63) is 58.8 Å². The number of ether oxygens (including phenoxy) is 2. The molecule has 4 heterocycles. The zero-order valence-electron chi connectivity index (χ0n) is 23.4. The Balaban J connectivity index is 1.43. The molecule has 12 heteroatoms. The number of hydrogen-bond donors (Lipinski definition) is 1. The molecule has 41 heavy (non-hydrogen) atoms. The monoisotopic (exact) mass is 569 g/mol. The molecule has 1 N–H and O–H groups in total. The Morgan fingerprint density at radius 1 is 1.12 bits per heavy atom. The second kappa shape index (κ2) is 10.7. The number of aromatic nitrogens is 3. The van der Waals surface area contributed by atoms with Crippen LogP contribution >= 0.6 is 0 Å². The van der Waals surface area contributed by atoms with E-state index in [-0.39, 0.29) is 29.7 Å². The van der Waals surface area contributed by atoms with Gasteiger partial charge in [0.2, 0.25) is 0 Å². The molecule has 2 aliphatic rings. The summed E-state index contributed by atoms with van der Waals surface area (Å²) in [4.78, 5) is 27.8. The molecule has 0 spiro atoms. The number of fused-ring (bicyclic) bond motifs is 2. The number of amides is 1. The van der Waals surface area contributed by atoms with Crippen molar-refractivity contribution >= 4 is 11.9 Å². The lowest BCUT2D eigenvalue weighted by Gasteiger charge is -2.51. The average molecular weight is 570 g/mol. The fraction of sp³-hybridized carbons (Fsp3) is 0.448. The summed E-state index contributed by atoms with van der Waals surface area (Å²) in [7, 11) is 3.38. The minimum Gasteiger partial charge on any atom is -0.467 e. The van der Waals surface area contributed by atoms with E-state index in [2.05, 4.69) is 10.2 Å². The average Bonchev–Trinajstić information content (AvgIpc) is 3.12. The van der Waals surface area contributed by atoms with Crippen LogP contribution in [0, 0.1) is 5.82 Å².